The van der Waals surface area contributed by atoms with Crippen LogP contribution in [0.2, 0.25) is 0 Å². The van der Waals surface area contributed by atoms with Gasteiger partial charge < -0.3 is 5.48 Å². The molecule has 0 aromatic carbocycles. The van der Waals surface area contributed by atoms with E-state index < -0.39 is 0 Å². The number of hydrogen-bond donors (Lipinski definition) is 0. The first kappa shape index (κ1) is 17.0. The zero-order chi connectivity index (χ0) is 13.1. The molecule has 2 N–H and O–H groups in total. The van der Waals surface area contributed by atoms with Crippen LogP contribution < -0.4 is 0 Å². The van der Waals surface area contributed by atoms with Crippen LogP contribution in [0.25, 0.3) is 0 Å². The molecule has 0 bridgehead atoms. The molecule has 0 saturated heterocycles. The fraction of sp³-hybridized carbons (Fsp3) is 1.00. The Kier molecular flexibility index (Phi) is 6.86. The monoisotopic (exact) mass is 270 g/mol. The summed E-state index contributed by atoms with van der Waals surface area (Å²) in [5, 5.41) is 0. The summed E-state index contributed by atoms with van der Waals surface area (Å²) in [6.45, 7) is 9.96. The summed E-state index contributed by atoms with van der Waals surface area (Å²) >= 11 is 0. The lowest BCUT2D eigenvalue weighted by Gasteiger charge is -2.28. The van der Waals surface area contributed by atoms with Crippen molar-refractivity contribution in [2.24, 2.45) is 35.5 Å². The maximum absolute atomic E-state index is 2.51. The molecular formula is C18H38O. The van der Waals surface area contributed by atoms with Crippen molar-refractivity contribution in [1.29, 1.82) is 0 Å². The van der Waals surface area contributed by atoms with Crippen LogP contribution in [0.1, 0.15) is 80.5 Å². The summed E-state index contributed by atoms with van der Waals surface area (Å²) in [4.78, 5) is 0. The molecular weight excluding hydrogens is 232 g/mol. The molecule has 0 radical (unpaired) electrons. The van der Waals surface area contributed by atoms with Gasteiger partial charge in [0.1, 0.15) is 0 Å². The van der Waals surface area contributed by atoms with E-state index in [4.69, 9.17) is 0 Å². The molecule has 2 aliphatic carbocycles. The third kappa shape index (κ3) is 4.77. The van der Waals surface area contributed by atoms with Crippen molar-refractivity contribution in [2.45, 2.75) is 79.1 Å². The van der Waals surface area contributed by atoms with Crippen LogP contribution in [-0.2, 0) is 0 Å². The van der Waals surface area contributed by atoms with Crippen molar-refractivity contribution < 1.29 is 6.90 Å². The molecule has 2 fully saturated rings. The van der Waals surface area contributed by atoms with Crippen molar-refractivity contribution in [1.82, 2.24) is 0 Å². The summed E-state index contributed by atoms with van der Waals surface area (Å²) in [7, 11) is 0. The van der Waals surface area contributed by atoms with Crippen LogP contribution in [0, 0.1) is 35.5 Å². The minimum Gasteiger partial charge on any atom is -0.412 e. The lowest BCUT2D eigenvalue weighted by Crippen LogP contribution is -2.18. The average molecular weight is 271 g/mol. The SMILES string of the molecule is CC1CCCC([C@@H]2CC(C)CC(C)C(C)C2)CC1.O.[HH]. The van der Waals surface area contributed by atoms with Crippen LogP contribution >= 0.6 is 0 Å². The summed E-state index contributed by atoms with van der Waals surface area (Å²) < 4.78 is 0. The smallest absolute Gasteiger partial charge is 0 e. The van der Waals surface area contributed by atoms with E-state index in [9.17, 15) is 0 Å². The van der Waals surface area contributed by atoms with Gasteiger partial charge in [0.05, 0.1) is 0 Å². The fourth-order valence-electron chi connectivity index (χ4n) is 4.66. The standard InChI is InChI=1S/C18H34.H2O.H2/c1-13-6-5-7-17(9-8-13)18-11-14(2)10-15(3)16(4)12-18;;/h13-18H,5-12H2,1-4H3;1H2;1H/t13?,14?,15?,16?,17?,18-;;/m1../s1. The third-order valence-corrected chi connectivity index (χ3v) is 6.09. The van der Waals surface area contributed by atoms with Gasteiger partial charge in [-0.25, -0.2) is 0 Å². The summed E-state index contributed by atoms with van der Waals surface area (Å²) in [6, 6.07) is 0. The van der Waals surface area contributed by atoms with E-state index >= 15 is 0 Å². The Morgan fingerprint density at radius 3 is 2.05 bits per heavy atom. The van der Waals surface area contributed by atoms with Crippen molar-refractivity contribution in [3.8, 4) is 0 Å². The lowest BCUT2D eigenvalue weighted by atomic mass is 9.78. The Morgan fingerprint density at radius 1 is 0.632 bits per heavy atom. The summed E-state index contributed by atoms with van der Waals surface area (Å²) in [5.41, 5.74) is 0. The van der Waals surface area contributed by atoms with Gasteiger partial charge in [0.15, 0.2) is 0 Å². The zero-order valence-corrected chi connectivity index (χ0v) is 13.6. The van der Waals surface area contributed by atoms with Gasteiger partial charge in [-0.1, -0.05) is 53.4 Å². The van der Waals surface area contributed by atoms with E-state index in [0.717, 1.165) is 35.5 Å². The first-order chi connectivity index (χ1) is 8.56. The third-order valence-electron chi connectivity index (χ3n) is 6.09. The fourth-order valence-corrected chi connectivity index (χ4v) is 4.66. The van der Waals surface area contributed by atoms with Gasteiger partial charge >= 0.3 is 0 Å². The maximum Gasteiger partial charge on any atom is 0 e. The molecule has 0 aliphatic heterocycles. The van der Waals surface area contributed by atoms with Crippen LogP contribution in [-0.4, -0.2) is 5.48 Å². The van der Waals surface area contributed by atoms with E-state index in [2.05, 4.69) is 27.7 Å². The van der Waals surface area contributed by atoms with Crippen LogP contribution in [0.15, 0.2) is 0 Å². The zero-order valence-electron chi connectivity index (χ0n) is 13.6. The van der Waals surface area contributed by atoms with Gasteiger partial charge in [-0.05, 0) is 61.2 Å². The molecule has 0 aromatic rings. The molecule has 2 rings (SSSR count). The highest BCUT2D eigenvalue weighted by Gasteiger charge is 2.31. The molecule has 19 heavy (non-hydrogen) atoms. The molecule has 0 heterocycles. The highest BCUT2D eigenvalue weighted by atomic mass is 16.0. The Balaban J connectivity index is 0.00000180. The van der Waals surface area contributed by atoms with E-state index in [-0.39, 0.29) is 6.90 Å². The molecule has 0 aromatic heterocycles. The largest absolute Gasteiger partial charge is 0.412 e. The topological polar surface area (TPSA) is 31.5 Å². The molecule has 1 heteroatoms. The minimum absolute atomic E-state index is 0. The molecule has 2 aliphatic rings. The maximum atomic E-state index is 2.51. The van der Waals surface area contributed by atoms with Gasteiger partial charge in [-0.3, -0.25) is 0 Å². The lowest BCUT2D eigenvalue weighted by molar-refractivity contribution is 0.226. The molecule has 0 spiro atoms. The van der Waals surface area contributed by atoms with Crippen LogP contribution in [0.5, 0.6) is 0 Å². The highest BCUT2D eigenvalue weighted by Crippen LogP contribution is 2.42. The first-order valence-corrected chi connectivity index (χ1v) is 8.56. The number of rotatable bonds is 1. The summed E-state index contributed by atoms with van der Waals surface area (Å²) in [5.74, 6) is 5.98. The van der Waals surface area contributed by atoms with E-state index in [1.54, 1.807) is 0 Å². The normalized spacial score (nSPS) is 44.8. The average Bonchev–Trinajstić information content (AvgIpc) is 2.58. The second-order valence-electron chi connectivity index (χ2n) is 7.90. The molecule has 0 amide bonds. The van der Waals surface area contributed by atoms with Crippen molar-refractivity contribution in [2.75, 3.05) is 0 Å². The predicted octanol–water partition coefficient (Wildman–Crippen LogP) is 5.33. The summed E-state index contributed by atoms with van der Waals surface area (Å²) in [6.07, 6.45) is 12.1. The Hall–Kier alpha value is -0.0400. The van der Waals surface area contributed by atoms with E-state index in [0.29, 0.717) is 0 Å². The van der Waals surface area contributed by atoms with Gasteiger partial charge in [0.25, 0.3) is 0 Å². The van der Waals surface area contributed by atoms with Crippen LogP contribution in [0.3, 0.4) is 0 Å². The molecule has 116 valence electrons. The molecule has 5 unspecified atom stereocenters. The van der Waals surface area contributed by atoms with Gasteiger partial charge in [-0.2, -0.15) is 0 Å². The Morgan fingerprint density at radius 2 is 1.32 bits per heavy atom. The van der Waals surface area contributed by atoms with Crippen LogP contribution in [0.4, 0.5) is 0 Å². The quantitative estimate of drug-likeness (QED) is 0.577. The second kappa shape index (κ2) is 7.67. The number of hydrogen-bond acceptors (Lipinski definition) is 0. The van der Waals surface area contributed by atoms with Gasteiger partial charge in [0, 0.05) is 1.43 Å². The van der Waals surface area contributed by atoms with Gasteiger partial charge in [-0.15, -0.1) is 0 Å². The van der Waals surface area contributed by atoms with E-state index in [1.807, 2.05) is 0 Å². The Labute approximate surface area is 122 Å². The Bertz CT molecular complexity index is 256. The molecule has 6 atom stereocenters. The van der Waals surface area contributed by atoms with Crippen molar-refractivity contribution in [3.05, 3.63) is 0 Å². The van der Waals surface area contributed by atoms with Crippen molar-refractivity contribution in [3.63, 3.8) is 0 Å². The highest BCUT2D eigenvalue weighted by molar-refractivity contribution is 4.82. The van der Waals surface area contributed by atoms with Crippen molar-refractivity contribution >= 4 is 0 Å². The minimum atomic E-state index is 0. The molecule has 2 saturated carbocycles. The second-order valence-corrected chi connectivity index (χ2v) is 7.90. The van der Waals surface area contributed by atoms with Gasteiger partial charge in [0.2, 0.25) is 0 Å². The molecule has 1 nitrogen and oxygen atoms in total. The van der Waals surface area contributed by atoms with E-state index in [1.165, 1.54) is 51.4 Å². The predicted molar refractivity (Wildman–Crippen MR) is 86.3 cm³/mol. The first-order valence-electron chi connectivity index (χ1n) is 8.56.